The van der Waals surface area contributed by atoms with Crippen LogP contribution in [0.1, 0.15) is 13.8 Å². The summed E-state index contributed by atoms with van der Waals surface area (Å²) in [5, 5.41) is 8.92. The highest BCUT2D eigenvalue weighted by molar-refractivity contribution is 7.99. The van der Waals surface area contributed by atoms with Crippen LogP contribution in [0.4, 0.5) is 5.69 Å². The van der Waals surface area contributed by atoms with Crippen molar-refractivity contribution in [3.05, 3.63) is 54.1 Å². The quantitative estimate of drug-likeness (QED) is 0.852. The molecule has 5 nitrogen and oxygen atoms in total. The van der Waals surface area contributed by atoms with E-state index < -0.39 is 26.1 Å². The highest BCUT2D eigenvalue weighted by atomic mass is 32.2. The van der Waals surface area contributed by atoms with Crippen molar-refractivity contribution in [1.29, 1.82) is 0 Å². The summed E-state index contributed by atoms with van der Waals surface area (Å²) in [7, 11) is 0. The van der Waals surface area contributed by atoms with Gasteiger partial charge in [0.05, 0.1) is 28.2 Å². The van der Waals surface area contributed by atoms with Crippen molar-refractivity contribution >= 4 is 23.3 Å². The normalized spacial score (nSPS) is 24.6. The Morgan fingerprint density at radius 2 is 1.85 bits per heavy atom. The van der Waals surface area contributed by atoms with Gasteiger partial charge in [0.1, 0.15) is 5.84 Å². The minimum atomic E-state index is -2.33. The zero-order chi connectivity index (χ0) is 23.9. The number of nitrogens with zero attached hydrogens (tertiary/aromatic N) is 3. The first-order valence-corrected chi connectivity index (χ1v) is 9.57. The monoisotopic (exact) mass is 389 g/mol. The lowest BCUT2D eigenvalue weighted by Crippen LogP contribution is -2.49. The van der Waals surface area contributed by atoms with E-state index in [1.165, 1.54) is 0 Å². The maximum Gasteiger partial charge on any atom is 0.137 e. The third kappa shape index (κ3) is 4.35. The molecule has 2 aliphatic heterocycles. The minimum Gasteiger partial charge on any atom is -0.394 e. The molecule has 0 radical (unpaired) electrons. The molecule has 2 aromatic rings. The summed E-state index contributed by atoms with van der Waals surface area (Å²) in [6.07, 6.45) is 0. The zero-order valence-electron chi connectivity index (χ0n) is 20.8. The van der Waals surface area contributed by atoms with Crippen LogP contribution in [0.5, 0.6) is 0 Å². The van der Waals surface area contributed by atoms with Crippen LogP contribution >= 0.6 is 11.8 Å². The second-order valence-electron chi connectivity index (χ2n) is 5.98. The number of ether oxygens (including phenoxy) is 1. The van der Waals surface area contributed by atoms with Gasteiger partial charge in [0, 0.05) is 53.5 Å². The number of hydrogen-bond acceptors (Lipinski definition) is 6. The van der Waals surface area contributed by atoms with E-state index in [1.54, 1.807) is 16.7 Å². The molecule has 0 unspecified atom stereocenters. The van der Waals surface area contributed by atoms with E-state index in [0.717, 1.165) is 25.9 Å². The lowest BCUT2D eigenvalue weighted by atomic mass is 10.1. The number of aliphatic imine (C=N–C) groups is 1. The van der Waals surface area contributed by atoms with Crippen LogP contribution in [-0.2, 0) is 4.74 Å². The number of aliphatic hydroxyl groups excluding tert-OH is 1. The highest BCUT2D eigenvalue weighted by Gasteiger charge is 2.24. The van der Waals surface area contributed by atoms with E-state index in [-0.39, 0.29) is 26.3 Å². The Balaban J connectivity index is 1.69. The Kier molecular flexibility index (Phi) is 4.14. The van der Waals surface area contributed by atoms with Gasteiger partial charge >= 0.3 is 0 Å². The molecule has 142 valence electrons. The molecule has 0 aliphatic carbocycles. The summed E-state index contributed by atoms with van der Waals surface area (Å²) in [5.74, 6) is 0.481. The van der Waals surface area contributed by atoms with Crippen LogP contribution in [0, 0.1) is 0 Å². The molecule has 0 atom stereocenters. The summed E-state index contributed by atoms with van der Waals surface area (Å²) in [6.45, 7) is -8.43. The van der Waals surface area contributed by atoms with Crippen LogP contribution in [0.3, 0.4) is 0 Å². The fraction of sp³-hybridized carbons (Fsp3) is 0.381. The van der Waals surface area contributed by atoms with Crippen LogP contribution in [0.25, 0.3) is 0 Å². The van der Waals surface area contributed by atoms with Crippen molar-refractivity contribution in [2.24, 2.45) is 4.99 Å². The molecule has 2 aromatic carbocycles. The molecule has 1 fully saturated rings. The Bertz CT molecular complexity index is 1030. The fourth-order valence-corrected chi connectivity index (χ4v) is 3.87. The SMILES string of the molecule is [2H]C([2H])(CN1C([2H])([2H])CN(C2=Nc3ccccc3Sc3ccccc32)CC1([2H])[2H])OCCO. The Labute approximate surface area is 173 Å². The molecule has 1 N–H and O–H groups in total. The lowest BCUT2D eigenvalue weighted by Gasteiger charge is -2.36. The van der Waals surface area contributed by atoms with E-state index in [1.807, 2.05) is 48.5 Å². The highest BCUT2D eigenvalue weighted by Crippen LogP contribution is 2.40. The van der Waals surface area contributed by atoms with E-state index in [9.17, 15) is 0 Å². The standard InChI is InChI=1S/C21H25N3O2S/c25-14-16-26-15-13-23-9-11-24(12-10-23)21-17-5-1-3-7-19(17)27-20-8-4-2-6-18(20)22-21/h1-8,25H,9-16H2/i9D2,10D2,15D2. The molecule has 1 saturated heterocycles. The summed E-state index contributed by atoms with van der Waals surface area (Å²) in [6, 6.07) is 15.3. The molecule has 2 heterocycles. The van der Waals surface area contributed by atoms with Crippen molar-refractivity contribution in [3.8, 4) is 0 Å². The maximum absolute atomic E-state index is 8.92. The van der Waals surface area contributed by atoms with Gasteiger partial charge in [-0.3, -0.25) is 4.90 Å². The van der Waals surface area contributed by atoms with E-state index >= 15 is 0 Å². The molecular weight excluding hydrogens is 358 g/mol. The summed E-state index contributed by atoms with van der Waals surface area (Å²) >= 11 is 1.56. The predicted molar refractivity (Wildman–Crippen MR) is 109 cm³/mol. The van der Waals surface area contributed by atoms with Gasteiger partial charge in [-0.15, -0.1) is 0 Å². The van der Waals surface area contributed by atoms with Crippen molar-refractivity contribution in [1.82, 2.24) is 9.80 Å². The van der Waals surface area contributed by atoms with Gasteiger partial charge in [-0.1, -0.05) is 42.1 Å². The number of para-hydroxylation sites is 1. The Morgan fingerprint density at radius 3 is 2.67 bits per heavy atom. The number of amidine groups is 1. The summed E-state index contributed by atoms with van der Waals surface area (Å²) in [5.41, 5.74) is 1.52. The lowest BCUT2D eigenvalue weighted by molar-refractivity contribution is 0.0652. The molecule has 6 heteroatoms. The van der Waals surface area contributed by atoms with E-state index in [4.69, 9.17) is 23.1 Å². The molecular formula is C21H25N3O2S. The molecule has 2 aliphatic rings. The fourth-order valence-electron chi connectivity index (χ4n) is 2.85. The maximum atomic E-state index is 8.92. The van der Waals surface area contributed by atoms with E-state index in [2.05, 4.69) is 0 Å². The van der Waals surface area contributed by atoms with Gasteiger partial charge in [0.2, 0.25) is 0 Å². The summed E-state index contributed by atoms with van der Waals surface area (Å²) in [4.78, 5) is 9.18. The Morgan fingerprint density at radius 1 is 1.11 bits per heavy atom. The van der Waals surface area contributed by atoms with Crippen molar-refractivity contribution in [2.45, 2.75) is 9.79 Å². The topological polar surface area (TPSA) is 48.3 Å². The second kappa shape index (κ2) is 8.89. The van der Waals surface area contributed by atoms with Crippen LogP contribution < -0.4 is 0 Å². The van der Waals surface area contributed by atoms with Crippen LogP contribution in [0.15, 0.2) is 63.3 Å². The van der Waals surface area contributed by atoms with Gasteiger partial charge in [0.15, 0.2) is 0 Å². The molecule has 0 aromatic heterocycles. The number of fused-ring (bicyclic) bond motifs is 2. The summed E-state index contributed by atoms with van der Waals surface area (Å²) < 4.78 is 55.4. The van der Waals surface area contributed by atoms with E-state index in [0.29, 0.717) is 5.84 Å². The number of hydrogen-bond donors (Lipinski definition) is 1. The average molecular weight is 390 g/mol. The Hall–Kier alpha value is -1.86. The largest absolute Gasteiger partial charge is 0.394 e. The smallest absolute Gasteiger partial charge is 0.137 e. The molecule has 0 amide bonds. The third-order valence-corrected chi connectivity index (χ3v) is 5.30. The second-order valence-corrected chi connectivity index (χ2v) is 7.06. The van der Waals surface area contributed by atoms with Gasteiger partial charge in [-0.25, -0.2) is 4.99 Å². The minimum absolute atomic E-state index is 0.206. The molecule has 4 rings (SSSR count). The average Bonchev–Trinajstić information content (AvgIpc) is 2.91. The number of aliphatic hydroxyl groups is 1. The first kappa shape index (κ1) is 12.6. The van der Waals surface area contributed by atoms with Gasteiger partial charge < -0.3 is 14.7 Å². The first-order chi connectivity index (χ1) is 15.5. The number of rotatable bonds is 5. The van der Waals surface area contributed by atoms with Gasteiger partial charge in [-0.2, -0.15) is 0 Å². The third-order valence-electron chi connectivity index (χ3n) is 4.16. The molecule has 27 heavy (non-hydrogen) atoms. The van der Waals surface area contributed by atoms with Gasteiger partial charge in [0.25, 0.3) is 0 Å². The van der Waals surface area contributed by atoms with Gasteiger partial charge in [-0.05, 0) is 18.2 Å². The van der Waals surface area contributed by atoms with Crippen molar-refractivity contribution in [2.75, 3.05) is 52.4 Å². The molecule has 0 saturated carbocycles. The number of piperazine rings is 1. The molecule has 0 bridgehead atoms. The first-order valence-electron chi connectivity index (χ1n) is 11.7. The predicted octanol–water partition coefficient (Wildman–Crippen LogP) is 2.86. The van der Waals surface area contributed by atoms with Crippen molar-refractivity contribution in [3.63, 3.8) is 0 Å². The number of benzene rings is 2. The molecule has 0 spiro atoms. The zero-order valence-corrected chi connectivity index (χ0v) is 15.6. The van der Waals surface area contributed by atoms with Crippen molar-refractivity contribution < 1.29 is 18.1 Å². The van der Waals surface area contributed by atoms with Crippen LogP contribution in [-0.4, -0.2) is 73.1 Å². The van der Waals surface area contributed by atoms with Crippen LogP contribution in [0.2, 0.25) is 0 Å².